The number of methoxy groups -OCH3 is 2. The molecule has 1 aromatic heterocycles. The highest BCUT2D eigenvalue weighted by atomic mass is 16.5. The fraction of sp³-hybridized carbons (Fsp3) is 0.273. The van der Waals surface area contributed by atoms with E-state index in [0.29, 0.717) is 36.1 Å². The van der Waals surface area contributed by atoms with Gasteiger partial charge in [0, 0.05) is 38.1 Å². The first kappa shape index (κ1) is 20.4. The van der Waals surface area contributed by atoms with E-state index in [1.165, 1.54) is 0 Å². The molecule has 7 heteroatoms. The van der Waals surface area contributed by atoms with E-state index >= 15 is 0 Å². The minimum absolute atomic E-state index is 0.299. The van der Waals surface area contributed by atoms with Gasteiger partial charge in [0.25, 0.3) is 5.91 Å². The third kappa shape index (κ3) is 5.36. The number of carbonyl (C=O) groups excluding carboxylic acids is 1. The van der Waals surface area contributed by atoms with E-state index in [9.17, 15) is 4.79 Å². The summed E-state index contributed by atoms with van der Waals surface area (Å²) in [5.41, 5.74) is 2.80. The van der Waals surface area contributed by atoms with Crippen molar-refractivity contribution in [2.24, 2.45) is 0 Å². The van der Waals surface area contributed by atoms with Crippen molar-refractivity contribution in [3.63, 3.8) is 0 Å². The number of carbonyl (C=O) groups is 1. The van der Waals surface area contributed by atoms with Crippen LogP contribution >= 0.6 is 0 Å². The summed E-state index contributed by atoms with van der Waals surface area (Å²) in [6.07, 6.45) is 2.54. The summed E-state index contributed by atoms with van der Waals surface area (Å²) in [5.74, 6) is 1.07. The first-order chi connectivity index (χ1) is 14.1. The molecule has 0 bridgehead atoms. The third-order valence-corrected chi connectivity index (χ3v) is 4.26. The smallest absolute Gasteiger partial charge is 0.276 e. The van der Waals surface area contributed by atoms with Crippen LogP contribution in [0.15, 0.2) is 54.7 Å². The summed E-state index contributed by atoms with van der Waals surface area (Å²) < 4.78 is 17.7. The molecule has 1 N–H and O–H groups in total. The van der Waals surface area contributed by atoms with Crippen molar-refractivity contribution in [2.45, 2.75) is 13.3 Å². The molecule has 29 heavy (non-hydrogen) atoms. The molecule has 3 aromatic rings. The van der Waals surface area contributed by atoms with E-state index in [0.717, 1.165) is 17.7 Å². The topological polar surface area (TPSA) is 74.6 Å². The second kappa shape index (κ2) is 9.75. The monoisotopic (exact) mass is 395 g/mol. The molecule has 3 rings (SSSR count). The van der Waals surface area contributed by atoms with Crippen molar-refractivity contribution in [3.05, 3.63) is 66.0 Å². The zero-order valence-corrected chi connectivity index (χ0v) is 16.8. The van der Waals surface area contributed by atoms with Gasteiger partial charge in [0.1, 0.15) is 17.2 Å². The van der Waals surface area contributed by atoms with Crippen molar-refractivity contribution in [2.75, 3.05) is 32.8 Å². The van der Waals surface area contributed by atoms with Crippen molar-refractivity contribution in [3.8, 4) is 17.2 Å². The Morgan fingerprint density at radius 1 is 1.10 bits per heavy atom. The molecule has 0 saturated carbocycles. The summed E-state index contributed by atoms with van der Waals surface area (Å²) in [5, 5.41) is 7.25. The number of hydrogen-bond donors (Lipinski definition) is 1. The summed E-state index contributed by atoms with van der Waals surface area (Å²) in [4.78, 5) is 12.6. The molecule has 2 aromatic carbocycles. The predicted octanol–water partition coefficient (Wildman–Crippen LogP) is 3.86. The fourth-order valence-corrected chi connectivity index (χ4v) is 2.81. The summed E-state index contributed by atoms with van der Waals surface area (Å²) in [7, 11) is 3.27. The average molecular weight is 395 g/mol. The number of aromatic nitrogens is 2. The number of aryl methyl sites for hydroxylation is 1. The molecule has 0 unspecified atom stereocenters. The Morgan fingerprint density at radius 3 is 2.76 bits per heavy atom. The second-order valence-electron chi connectivity index (χ2n) is 6.50. The second-order valence-corrected chi connectivity index (χ2v) is 6.50. The highest BCUT2D eigenvalue weighted by Gasteiger charge is 2.13. The lowest BCUT2D eigenvalue weighted by Crippen LogP contribution is -2.13. The summed E-state index contributed by atoms with van der Waals surface area (Å²) in [6, 6.07) is 14.7. The molecule has 1 heterocycles. The standard InChI is InChI=1S/C22H25N3O4/c1-16-8-9-21(28-3)20(14-16)25-11-10-19(24-25)22(26)23-17-6-4-7-18(15-17)29-13-5-12-27-2/h4,6-11,14-15H,5,12-13H2,1-3H3,(H,23,26). The van der Waals surface area contributed by atoms with Gasteiger partial charge < -0.3 is 19.5 Å². The van der Waals surface area contributed by atoms with Gasteiger partial charge in [0.05, 0.1) is 13.7 Å². The number of rotatable bonds is 9. The van der Waals surface area contributed by atoms with Gasteiger partial charge in [0.15, 0.2) is 5.69 Å². The molecule has 0 aliphatic heterocycles. The minimum atomic E-state index is -0.299. The number of amides is 1. The Balaban J connectivity index is 1.69. The van der Waals surface area contributed by atoms with Crippen LogP contribution in [0.3, 0.4) is 0 Å². The van der Waals surface area contributed by atoms with E-state index in [-0.39, 0.29) is 5.91 Å². The van der Waals surface area contributed by atoms with Gasteiger partial charge in [-0.25, -0.2) is 4.68 Å². The minimum Gasteiger partial charge on any atom is -0.494 e. The molecule has 0 aliphatic carbocycles. The molecular formula is C22H25N3O4. The SMILES string of the molecule is COCCCOc1cccc(NC(=O)c2ccn(-c3cc(C)ccc3OC)n2)c1. The first-order valence-electron chi connectivity index (χ1n) is 9.34. The van der Waals surface area contributed by atoms with E-state index in [4.69, 9.17) is 14.2 Å². The maximum Gasteiger partial charge on any atom is 0.276 e. The van der Waals surface area contributed by atoms with Crippen LogP contribution in [0.5, 0.6) is 11.5 Å². The Bertz CT molecular complexity index is 968. The highest BCUT2D eigenvalue weighted by molar-refractivity contribution is 6.02. The third-order valence-electron chi connectivity index (χ3n) is 4.26. The Hall–Kier alpha value is -3.32. The van der Waals surface area contributed by atoms with Gasteiger partial charge in [-0.3, -0.25) is 4.79 Å². The van der Waals surface area contributed by atoms with Gasteiger partial charge >= 0.3 is 0 Å². The number of ether oxygens (including phenoxy) is 3. The van der Waals surface area contributed by atoms with Crippen molar-refractivity contribution in [1.29, 1.82) is 0 Å². The predicted molar refractivity (Wildman–Crippen MR) is 111 cm³/mol. The van der Waals surface area contributed by atoms with Crippen LogP contribution in [0, 0.1) is 6.92 Å². The maximum absolute atomic E-state index is 12.6. The zero-order chi connectivity index (χ0) is 20.6. The molecule has 0 radical (unpaired) electrons. The molecule has 0 saturated heterocycles. The quantitative estimate of drug-likeness (QED) is 0.557. The van der Waals surface area contributed by atoms with Gasteiger partial charge in [-0.15, -0.1) is 0 Å². The van der Waals surface area contributed by atoms with Crippen LogP contribution in [-0.4, -0.2) is 43.1 Å². The van der Waals surface area contributed by atoms with Gasteiger partial charge in [-0.2, -0.15) is 5.10 Å². The number of anilines is 1. The molecule has 0 spiro atoms. The molecule has 152 valence electrons. The van der Waals surface area contributed by atoms with Gasteiger partial charge in [-0.1, -0.05) is 12.1 Å². The molecule has 1 amide bonds. The zero-order valence-electron chi connectivity index (χ0n) is 16.8. The van der Waals surface area contributed by atoms with Crippen LogP contribution in [0.2, 0.25) is 0 Å². The summed E-state index contributed by atoms with van der Waals surface area (Å²) in [6.45, 7) is 3.18. The molecule has 0 fully saturated rings. The molecule has 0 aliphatic rings. The fourth-order valence-electron chi connectivity index (χ4n) is 2.81. The van der Waals surface area contributed by atoms with Crippen LogP contribution in [-0.2, 0) is 4.74 Å². The molecule has 0 atom stereocenters. The lowest BCUT2D eigenvalue weighted by Gasteiger charge is -2.09. The van der Waals surface area contributed by atoms with Gasteiger partial charge in [0.2, 0.25) is 0 Å². The van der Waals surface area contributed by atoms with Crippen LogP contribution in [0.25, 0.3) is 5.69 Å². The number of nitrogens with zero attached hydrogens (tertiary/aromatic N) is 2. The molecular weight excluding hydrogens is 370 g/mol. The molecule has 7 nitrogen and oxygen atoms in total. The maximum atomic E-state index is 12.6. The number of nitrogens with one attached hydrogen (secondary N) is 1. The largest absolute Gasteiger partial charge is 0.494 e. The van der Waals surface area contributed by atoms with Gasteiger partial charge in [-0.05, 0) is 42.8 Å². The Labute approximate surface area is 170 Å². The average Bonchev–Trinajstić information content (AvgIpc) is 3.22. The van der Waals surface area contributed by atoms with Crippen molar-refractivity contribution >= 4 is 11.6 Å². The van der Waals surface area contributed by atoms with Crippen LogP contribution in [0.4, 0.5) is 5.69 Å². The van der Waals surface area contributed by atoms with E-state index in [1.807, 2.05) is 37.3 Å². The Kier molecular flexibility index (Phi) is 6.86. The van der Waals surface area contributed by atoms with Crippen LogP contribution in [0.1, 0.15) is 22.5 Å². The number of benzene rings is 2. The highest BCUT2D eigenvalue weighted by Crippen LogP contribution is 2.24. The van der Waals surface area contributed by atoms with E-state index < -0.39 is 0 Å². The van der Waals surface area contributed by atoms with Crippen molar-refractivity contribution in [1.82, 2.24) is 9.78 Å². The summed E-state index contributed by atoms with van der Waals surface area (Å²) >= 11 is 0. The van der Waals surface area contributed by atoms with E-state index in [1.54, 1.807) is 43.3 Å². The Morgan fingerprint density at radius 2 is 1.97 bits per heavy atom. The first-order valence-corrected chi connectivity index (χ1v) is 9.34. The normalized spacial score (nSPS) is 10.6. The lowest BCUT2D eigenvalue weighted by atomic mass is 10.2. The van der Waals surface area contributed by atoms with Crippen molar-refractivity contribution < 1.29 is 19.0 Å². The number of hydrogen-bond acceptors (Lipinski definition) is 5. The van der Waals surface area contributed by atoms with E-state index in [2.05, 4.69) is 10.4 Å². The lowest BCUT2D eigenvalue weighted by molar-refractivity contribution is 0.102. The van der Waals surface area contributed by atoms with Crippen LogP contribution < -0.4 is 14.8 Å².